The van der Waals surface area contributed by atoms with Crippen LogP contribution in [0.1, 0.15) is 24.2 Å². The molecule has 4 heteroatoms. The molecule has 2 nitrogen and oxygen atoms in total. The molecule has 16 heavy (non-hydrogen) atoms. The summed E-state index contributed by atoms with van der Waals surface area (Å²) in [5.74, 6) is -1.77. The lowest BCUT2D eigenvalue weighted by Crippen LogP contribution is -2.17. The van der Waals surface area contributed by atoms with E-state index in [-0.39, 0.29) is 18.1 Å². The molecule has 0 amide bonds. The first-order valence-electron chi connectivity index (χ1n) is 5.10. The third kappa shape index (κ3) is 2.57. The van der Waals surface area contributed by atoms with Gasteiger partial charge in [-0.15, -0.1) is 0 Å². The molecule has 2 atom stereocenters. The van der Waals surface area contributed by atoms with Gasteiger partial charge in [-0.25, -0.2) is 8.78 Å². The monoisotopic (exact) mass is 230 g/mol. The van der Waals surface area contributed by atoms with Crippen molar-refractivity contribution in [2.24, 2.45) is 5.92 Å². The topological polar surface area (TPSA) is 29.5 Å². The van der Waals surface area contributed by atoms with Gasteiger partial charge in [0.15, 0.2) is 0 Å². The van der Waals surface area contributed by atoms with Crippen molar-refractivity contribution in [2.75, 3.05) is 13.7 Å². The highest BCUT2D eigenvalue weighted by molar-refractivity contribution is 5.28. The molecule has 1 rings (SSSR count). The van der Waals surface area contributed by atoms with Gasteiger partial charge in [-0.3, -0.25) is 0 Å². The van der Waals surface area contributed by atoms with E-state index < -0.39 is 17.7 Å². The van der Waals surface area contributed by atoms with Gasteiger partial charge in [0.1, 0.15) is 11.6 Å². The highest BCUT2D eigenvalue weighted by Gasteiger charge is 2.24. The normalized spacial score (nSPS) is 14.9. The van der Waals surface area contributed by atoms with Crippen LogP contribution in [0.4, 0.5) is 8.78 Å². The number of aryl methyl sites for hydroxylation is 1. The predicted molar refractivity (Wildman–Crippen MR) is 57.1 cm³/mol. The Morgan fingerprint density at radius 1 is 1.38 bits per heavy atom. The Balaban J connectivity index is 3.07. The minimum absolute atomic E-state index is 0.244. The lowest BCUT2D eigenvalue weighted by Gasteiger charge is -2.20. The lowest BCUT2D eigenvalue weighted by atomic mass is 9.95. The Hall–Kier alpha value is -1.00. The highest BCUT2D eigenvalue weighted by atomic mass is 19.1. The van der Waals surface area contributed by atoms with Crippen molar-refractivity contribution >= 4 is 0 Å². The maximum Gasteiger partial charge on any atom is 0.134 e. The molecule has 0 bridgehead atoms. The number of aliphatic hydroxyl groups excluding tert-OH is 1. The fourth-order valence-corrected chi connectivity index (χ4v) is 1.59. The number of aliphatic hydroxyl groups is 1. The summed E-state index contributed by atoms with van der Waals surface area (Å²) in [7, 11) is 1.48. The van der Waals surface area contributed by atoms with Gasteiger partial charge in [-0.2, -0.15) is 0 Å². The second-order valence-corrected chi connectivity index (χ2v) is 3.97. The van der Waals surface area contributed by atoms with Gasteiger partial charge < -0.3 is 9.84 Å². The van der Waals surface area contributed by atoms with Crippen molar-refractivity contribution in [3.05, 3.63) is 34.9 Å². The van der Waals surface area contributed by atoms with Crippen LogP contribution in [0.25, 0.3) is 0 Å². The largest absolute Gasteiger partial charge is 0.388 e. The van der Waals surface area contributed by atoms with Crippen LogP contribution in [0.15, 0.2) is 12.1 Å². The molecule has 0 radical (unpaired) electrons. The number of ether oxygens (including phenoxy) is 1. The van der Waals surface area contributed by atoms with E-state index in [0.29, 0.717) is 5.56 Å². The van der Waals surface area contributed by atoms with Crippen molar-refractivity contribution in [1.82, 2.24) is 0 Å². The summed E-state index contributed by atoms with van der Waals surface area (Å²) >= 11 is 0. The van der Waals surface area contributed by atoms with Gasteiger partial charge in [0.2, 0.25) is 0 Å². The van der Waals surface area contributed by atoms with Crippen LogP contribution in [0.5, 0.6) is 0 Å². The number of rotatable bonds is 4. The van der Waals surface area contributed by atoms with E-state index in [2.05, 4.69) is 0 Å². The molecule has 0 saturated carbocycles. The molecule has 2 unspecified atom stereocenters. The molecule has 0 fully saturated rings. The predicted octanol–water partition coefficient (Wildman–Crippen LogP) is 2.59. The zero-order valence-corrected chi connectivity index (χ0v) is 9.63. The summed E-state index contributed by atoms with van der Waals surface area (Å²) < 4.78 is 32.0. The average molecular weight is 230 g/mol. The smallest absolute Gasteiger partial charge is 0.134 e. The Kier molecular flexibility index (Phi) is 4.38. The Morgan fingerprint density at radius 2 is 2.00 bits per heavy atom. The third-order valence-corrected chi connectivity index (χ3v) is 2.58. The van der Waals surface area contributed by atoms with E-state index in [1.165, 1.54) is 20.1 Å². The van der Waals surface area contributed by atoms with E-state index in [1.807, 2.05) is 0 Å². The molecule has 0 saturated heterocycles. The van der Waals surface area contributed by atoms with E-state index in [9.17, 15) is 13.9 Å². The quantitative estimate of drug-likeness (QED) is 0.861. The van der Waals surface area contributed by atoms with Crippen molar-refractivity contribution in [3.63, 3.8) is 0 Å². The molecule has 1 N–H and O–H groups in total. The first-order chi connectivity index (χ1) is 7.49. The summed E-state index contributed by atoms with van der Waals surface area (Å²) in [4.78, 5) is 0. The first-order valence-corrected chi connectivity index (χ1v) is 5.10. The molecule has 0 aliphatic heterocycles. The molecule has 0 spiro atoms. The van der Waals surface area contributed by atoms with E-state index in [0.717, 1.165) is 6.07 Å². The second kappa shape index (κ2) is 5.37. The summed E-state index contributed by atoms with van der Waals surface area (Å²) in [6, 6.07) is 2.51. The molecule has 0 aliphatic carbocycles. The minimum Gasteiger partial charge on any atom is -0.388 e. The molecule has 0 aliphatic rings. The van der Waals surface area contributed by atoms with Gasteiger partial charge in [-0.05, 0) is 18.6 Å². The molecular formula is C12H16F2O2. The van der Waals surface area contributed by atoms with E-state index >= 15 is 0 Å². The van der Waals surface area contributed by atoms with Crippen LogP contribution in [0, 0.1) is 24.5 Å². The second-order valence-electron chi connectivity index (χ2n) is 3.97. The van der Waals surface area contributed by atoms with Gasteiger partial charge >= 0.3 is 0 Å². The van der Waals surface area contributed by atoms with Gasteiger partial charge in [-0.1, -0.05) is 13.0 Å². The fraction of sp³-hybridized carbons (Fsp3) is 0.500. The molecular weight excluding hydrogens is 214 g/mol. The molecule has 0 heterocycles. The van der Waals surface area contributed by atoms with Crippen LogP contribution in [-0.4, -0.2) is 18.8 Å². The van der Waals surface area contributed by atoms with Crippen LogP contribution < -0.4 is 0 Å². The summed E-state index contributed by atoms with van der Waals surface area (Å²) in [5.41, 5.74) is 0.0459. The number of hydrogen-bond acceptors (Lipinski definition) is 2. The van der Waals surface area contributed by atoms with E-state index in [1.54, 1.807) is 6.92 Å². The fourth-order valence-electron chi connectivity index (χ4n) is 1.59. The molecule has 0 aromatic heterocycles. The molecule has 1 aromatic carbocycles. The number of halogens is 2. The zero-order chi connectivity index (χ0) is 12.3. The third-order valence-electron chi connectivity index (χ3n) is 2.58. The highest BCUT2D eigenvalue weighted by Crippen LogP contribution is 2.28. The van der Waals surface area contributed by atoms with Crippen molar-refractivity contribution in [3.8, 4) is 0 Å². The summed E-state index contributed by atoms with van der Waals surface area (Å²) in [6.07, 6.45) is -1.19. The number of hydrogen-bond donors (Lipinski definition) is 1. The Labute approximate surface area is 93.9 Å². The van der Waals surface area contributed by atoms with Crippen molar-refractivity contribution < 1.29 is 18.6 Å². The average Bonchev–Trinajstić information content (AvgIpc) is 2.24. The van der Waals surface area contributed by atoms with Gasteiger partial charge in [0.25, 0.3) is 0 Å². The maximum atomic E-state index is 13.7. The molecule has 1 aromatic rings. The zero-order valence-electron chi connectivity index (χ0n) is 9.63. The van der Waals surface area contributed by atoms with Crippen molar-refractivity contribution in [2.45, 2.75) is 20.0 Å². The van der Waals surface area contributed by atoms with Crippen LogP contribution in [-0.2, 0) is 4.74 Å². The number of benzene rings is 1. The van der Waals surface area contributed by atoms with Crippen LogP contribution >= 0.6 is 0 Å². The van der Waals surface area contributed by atoms with Crippen LogP contribution in [0.3, 0.4) is 0 Å². The standard InChI is InChI=1S/C12H16F2O2/c1-7-4-5-9(13)10(11(7)14)12(15)8(2)6-16-3/h4-5,8,12,15H,6H2,1-3H3. The maximum absolute atomic E-state index is 13.7. The summed E-state index contributed by atoms with van der Waals surface area (Å²) in [5, 5.41) is 9.85. The Morgan fingerprint density at radius 3 is 2.56 bits per heavy atom. The minimum atomic E-state index is -1.19. The summed E-state index contributed by atoms with van der Waals surface area (Å²) in [6.45, 7) is 3.45. The van der Waals surface area contributed by atoms with E-state index in [4.69, 9.17) is 4.74 Å². The van der Waals surface area contributed by atoms with Gasteiger partial charge in [0.05, 0.1) is 18.3 Å². The van der Waals surface area contributed by atoms with Crippen molar-refractivity contribution in [1.29, 1.82) is 0 Å². The van der Waals surface area contributed by atoms with Crippen LogP contribution in [0.2, 0.25) is 0 Å². The number of methoxy groups -OCH3 is 1. The van der Waals surface area contributed by atoms with Gasteiger partial charge in [0, 0.05) is 13.0 Å². The lowest BCUT2D eigenvalue weighted by molar-refractivity contribution is 0.0521. The molecule has 90 valence electrons. The first kappa shape index (κ1) is 13.1. The Bertz CT molecular complexity index is 366. The SMILES string of the molecule is COCC(C)C(O)c1c(F)ccc(C)c1F.